The van der Waals surface area contributed by atoms with Gasteiger partial charge in [-0.3, -0.25) is 10.1 Å². The SMILES string of the molecule is O=[N+]([O-])c1ccc(SCCCl)c(Cl)c1. The second-order valence-corrected chi connectivity index (χ2v) is 4.33. The van der Waals surface area contributed by atoms with Crippen LogP contribution in [0.3, 0.4) is 0 Å². The van der Waals surface area contributed by atoms with Crippen LogP contribution in [-0.4, -0.2) is 16.6 Å². The number of halogens is 2. The van der Waals surface area contributed by atoms with Gasteiger partial charge in [-0.2, -0.15) is 0 Å². The summed E-state index contributed by atoms with van der Waals surface area (Å²) >= 11 is 12.8. The fourth-order valence-corrected chi connectivity index (χ4v) is 2.10. The van der Waals surface area contributed by atoms with Gasteiger partial charge in [0, 0.05) is 28.7 Å². The van der Waals surface area contributed by atoms with Gasteiger partial charge in [0.2, 0.25) is 0 Å². The van der Waals surface area contributed by atoms with Crippen molar-refractivity contribution in [2.75, 3.05) is 11.6 Å². The first-order valence-corrected chi connectivity index (χ1v) is 5.67. The van der Waals surface area contributed by atoms with Crippen LogP contribution in [0.1, 0.15) is 0 Å². The third kappa shape index (κ3) is 3.04. The summed E-state index contributed by atoms with van der Waals surface area (Å²) in [6.07, 6.45) is 0. The number of nitro benzene ring substituents is 1. The minimum absolute atomic E-state index is 0.00484. The summed E-state index contributed by atoms with van der Waals surface area (Å²) in [5.41, 5.74) is 0.00484. The van der Waals surface area contributed by atoms with E-state index in [9.17, 15) is 10.1 Å². The predicted molar refractivity (Wildman–Crippen MR) is 59.6 cm³/mol. The number of nitrogens with zero attached hydrogens (tertiary/aromatic N) is 1. The maximum absolute atomic E-state index is 10.4. The van der Waals surface area contributed by atoms with E-state index in [0.29, 0.717) is 10.9 Å². The molecule has 76 valence electrons. The van der Waals surface area contributed by atoms with Crippen molar-refractivity contribution in [3.05, 3.63) is 33.3 Å². The quantitative estimate of drug-likeness (QED) is 0.356. The molecule has 0 bridgehead atoms. The van der Waals surface area contributed by atoms with Crippen molar-refractivity contribution in [2.24, 2.45) is 0 Å². The summed E-state index contributed by atoms with van der Waals surface area (Å²) < 4.78 is 0. The normalized spacial score (nSPS) is 10.1. The number of hydrogen-bond acceptors (Lipinski definition) is 3. The number of nitro groups is 1. The first-order chi connectivity index (χ1) is 6.65. The van der Waals surface area contributed by atoms with Crippen LogP contribution in [0, 0.1) is 10.1 Å². The van der Waals surface area contributed by atoms with E-state index in [0.717, 1.165) is 10.6 Å². The van der Waals surface area contributed by atoms with E-state index in [1.807, 2.05) is 0 Å². The van der Waals surface area contributed by atoms with Crippen LogP contribution in [0.4, 0.5) is 5.69 Å². The summed E-state index contributed by atoms with van der Waals surface area (Å²) in [4.78, 5) is 10.7. The fraction of sp³-hybridized carbons (Fsp3) is 0.250. The molecule has 0 aromatic heterocycles. The highest BCUT2D eigenvalue weighted by molar-refractivity contribution is 7.99. The van der Waals surface area contributed by atoms with E-state index in [-0.39, 0.29) is 5.69 Å². The highest BCUT2D eigenvalue weighted by Gasteiger charge is 2.09. The van der Waals surface area contributed by atoms with Gasteiger partial charge in [-0.15, -0.1) is 23.4 Å². The summed E-state index contributed by atoms with van der Waals surface area (Å²) in [6, 6.07) is 4.41. The molecule has 0 N–H and O–H groups in total. The molecule has 14 heavy (non-hydrogen) atoms. The van der Waals surface area contributed by atoms with Crippen molar-refractivity contribution in [1.82, 2.24) is 0 Å². The van der Waals surface area contributed by atoms with Crippen molar-refractivity contribution in [1.29, 1.82) is 0 Å². The second-order valence-electron chi connectivity index (χ2n) is 2.41. The van der Waals surface area contributed by atoms with Crippen molar-refractivity contribution < 1.29 is 4.92 Å². The van der Waals surface area contributed by atoms with Crippen molar-refractivity contribution in [2.45, 2.75) is 4.90 Å². The number of benzene rings is 1. The topological polar surface area (TPSA) is 43.1 Å². The molecule has 0 aliphatic carbocycles. The number of hydrogen-bond donors (Lipinski definition) is 0. The van der Waals surface area contributed by atoms with Crippen molar-refractivity contribution in [3.8, 4) is 0 Å². The number of thioether (sulfide) groups is 1. The highest BCUT2D eigenvalue weighted by Crippen LogP contribution is 2.30. The van der Waals surface area contributed by atoms with Crippen LogP contribution in [0.5, 0.6) is 0 Å². The fourth-order valence-electron chi connectivity index (χ4n) is 0.869. The Kier molecular flexibility index (Phi) is 4.51. The molecule has 1 rings (SSSR count). The molecule has 0 amide bonds. The largest absolute Gasteiger partial charge is 0.270 e. The molecule has 3 nitrogen and oxygen atoms in total. The minimum atomic E-state index is -0.470. The molecule has 0 aliphatic heterocycles. The Morgan fingerprint density at radius 1 is 1.50 bits per heavy atom. The highest BCUT2D eigenvalue weighted by atomic mass is 35.5. The molecule has 1 aromatic carbocycles. The Labute approximate surface area is 95.5 Å². The number of rotatable bonds is 4. The standard InChI is InChI=1S/C8H7Cl2NO2S/c9-3-4-14-8-2-1-6(11(12)13)5-7(8)10/h1-2,5H,3-4H2. The molecular weight excluding hydrogens is 245 g/mol. The van der Waals surface area contributed by atoms with Gasteiger partial charge in [-0.05, 0) is 6.07 Å². The van der Waals surface area contributed by atoms with Crippen LogP contribution < -0.4 is 0 Å². The molecule has 0 saturated heterocycles. The number of alkyl halides is 1. The molecule has 0 aliphatic rings. The van der Waals surface area contributed by atoms with Gasteiger partial charge >= 0.3 is 0 Å². The van der Waals surface area contributed by atoms with Gasteiger partial charge in [-0.25, -0.2) is 0 Å². The lowest BCUT2D eigenvalue weighted by molar-refractivity contribution is -0.384. The Morgan fingerprint density at radius 3 is 2.71 bits per heavy atom. The summed E-state index contributed by atoms with van der Waals surface area (Å²) in [5, 5.41) is 10.8. The average Bonchev–Trinajstić information content (AvgIpc) is 2.15. The van der Waals surface area contributed by atoms with E-state index in [4.69, 9.17) is 23.2 Å². The van der Waals surface area contributed by atoms with Crippen molar-refractivity contribution >= 4 is 40.7 Å². The maximum atomic E-state index is 10.4. The molecule has 0 unspecified atom stereocenters. The first-order valence-electron chi connectivity index (χ1n) is 3.78. The van der Waals surface area contributed by atoms with Crippen LogP contribution in [0.25, 0.3) is 0 Å². The lowest BCUT2D eigenvalue weighted by Gasteiger charge is -2.01. The van der Waals surface area contributed by atoms with E-state index in [2.05, 4.69) is 0 Å². The van der Waals surface area contributed by atoms with Gasteiger partial charge in [0.25, 0.3) is 5.69 Å². The monoisotopic (exact) mass is 251 g/mol. The van der Waals surface area contributed by atoms with E-state index in [1.54, 1.807) is 6.07 Å². The summed E-state index contributed by atoms with van der Waals surface area (Å²) in [6.45, 7) is 0. The Morgan fingerprint density at radius 2 is 2.21 bits per heavy atom. The lowest BCUT2D eigenvalue weighted by atomic mass is 10.3. The average molecular weight is 252 g/mol. The first kappa shape index (κ1) is 11.6. The molecule has 0 heterocycles. The molecule has 6 heteroatoms. The zero-order chi connectivity index (χ0) is 10.6. The molecule has 0 radical (unpaired) electrons. The third-order valence-corrected chi connectivity index (χ3v) is 3.37. The van der Waals surface area contributed by atoms with E-state index >= 15 is 0 Å². The van der Waals surface area contributed by atoms with Gasteiger partial charge in [0.05, 0.1) is 9.95 Å². The van der Waals surface area contributed by atoms with Crippen LogP contribution in [0.15, 0.2) is 23.1 Å². The zero-order valence-corrected chi connectivity index (χ0v) is 9.40. The summed E-state index contributed by atoms with van der Waals surface area (Å²) in [5.74, 6) is 1.26. The van der Waals surface area contributed by atoms with E-state index in [1.165, 1.54) is 23.9 Å². The third-order valence-electron chi connectivity index (χ3n) is 1.46. The Balaban J connectivity index is 2.84. The second kappa shape index (κ2) is 5.44. The Hall–Kier alpha value is -0.450. The molecule has 0 spiro atoms. The lowest BCUT2D eigenvalue weighted by Crippen LogP contribution is -1.88. The molecule has 0 saturated carbocycles. The van der Waals surface area contributed by atoms with Gasteiger partial charge in [0.1, 0.15) is 0 Å². The van der Waals surface area contributed by atoms with E-state index < -0.39 is 4.92 Å². The van der Waals surface area contributed by atoms with Crippen LogP contribution in [0.2, 0.25) is 5.02 Å². The molecule has 0 atom stereocenters. The zero-order valence-electron chi connectivity index (χ0n) is 7.07. The van der Waals surface area contributed by atoms with Crippen molar-refractivity contribution in [3.63, 3.8) is 0 Å². The Bertz CT molecular complexity index is 346. The van der Waals surface area contributed by atoms with Crippen LogP contribution in [-0.2, 0) is 0 Å². The van der Waals surface area contributed by atoms with Gasteiger partial charge in [-0.1, -0.05) is 11.6 Å². The van der Waals surface area contributed by atoms with Gasteiger partial charge in [0.15, 0.2) is 0 Å². The summed E-state index contributed by atoms with van der Waals surface area (Å²) in [7, 11) is 0. The molecule has 1 aromatic rings. The molecular formula is C8H7Cl2NO2S. The maximum Gasteiger partial charge on any atom is 0.270 e. The molecule has 0 fully saturated rings. The predicted octanol–water partition coefficient (Wildman–Crippen LogP) is 3.58. The number of non-ortho nitro benzene ring substituents is 1. The van der Waals surface area contributed by atoms with Crippen LogP contribution >= 0.6 is 35.0 Å². The van der Waals surface area contributed by atoms with Gasteiger partial charge < -0.3 is 0 Å². The smallest absolute Gasteiger partial charge is 0.258 e. The minimum Gasteiger partial charge on any atom is -0.258 e.